The van der Waals surface area contributed by atoms with E-state index in [2.05, 4.69) is 20.8 Å². The fourth-order valence-electron chi connectivity index (χ4n) is 2.58. The highest BCUT2D eigenvalue weighted by molar-refractivity contribution is 7.89. The number of rotatable bonds is 7. The van der Waals surface area contributed by atoms with Crippen molar-refractivity contribution >= 4 is 33.4 Å². The van der Waals surface area contributed by atoms with Crippen LogP contribution in [0.25, 0.3) is 0 Å². The molecule has 0 aliphatic rings. The number of halogens is 1. The van der Waals surface area contributed by atoms with E-state index >= 15 is 0 Å². The van der Waals surface area contributed by atoms with Crippen LogP contribution in [0.5, 0.6) is 0 Å². The summed E-state index contributed by atoms with van der Waals surface area (Å²) >= 11 is 5.85. The van der Waals surface area contributed by atoms with Crippen molar-refractivity contribution < 1.29 is 18.0 Å². The lowest BCUT2D eigenvalue weighted by molar-refractivity contribution is -0.122. The summed E-state index contributed by atoms with van der Waals surface area (Å²) in [6.45, 7) is -0.571. The summed E-state index contributed by atoms with van der Waals surface area (Å²) in [6.07, 6.45) is 3.96. The Kier molecular flexibility index (Phi) is 7.29. The van der Waals surface area contributed by atoms with Gasteiger partial charge >= 0.3 is 0 Å². The SMILES string of the molecule is O=C(CN(Cc1ccccc1)S(=O)(=O)c1ccc(Cl)cc1)NNC(=O)c1cnccn1. The van der Waals surface area contributed by atoms with E-state index in [-0.39, 0.29) is 17.1 Å². The molecule has 3 aromatic rings. The second-order valence-corrected chi connectivity index (χ2v) is 8.68. The van der Waals surface area contributed by atoms with E-state index in [4.69, 9.17) is 11.6 Å². The highest BCUT2D eigenvalue weighted by atomic mass is 35.5. The lowest BCUT2D eigenvalue weighted by Crippen LogP contribution is -2.47. The van der Waals surface area contributed by atoms with Crippen LogP contribution in [0, 0.1) is 0 Å². The first-order chi connectivity index (χ1) is 14.9. The zero-order chi connectivity index (χ0) is 22.3. The van der Waals surface area contributed by atoms with Crippen LogP contribution in [0.3, 0.4) is 0 Å². The number of nitrogens with zero attached hydrogens (tertiary/aromatic N) is 3. The Morgan fingerprint density at radius 3 is 2.32 bits per heavy atom. The maximum Gasteiger partial charge on any atom is 0.289 e. The van der Waals surface area contributed by atoms with Crippen molar-refractivity contribution in [3.8, 4) is 0 Å². The fraction of sp³-hybridized carbons (Fsp3) is 0.100. The molecule has 9 nitrogen and oxygen atoms in total. The second-order valence-electron chi connectivity index (χ2n) is 6.31. The van der Waals surface area contributed by atoms with Gasteiger partial charge in [-0.1, -0.05) is 41.9 Å². The normalized spacial score (nSPS) is 11.2. The molecule has 0 radical (unpaired) electrons. The number of carbonyl (C=O) groups is 2. The average Bonchev–Trinajstić information content (AvgIpc) is 2.78. The van der Waals surface area contributed by atoms with Crippen molar-refractivity contribution in [2.45, 2.75) is 11.4 Å². The zero-order valence-electron chi connectivity index (χ0n) is 16.1. The summed E-state index contributed by atoms with van der Waals surface area (Å²) < 4.78 is 27.3. The van der Waals surface area contributed by atoms with E-state index < -0.39 is 28.4 Å². The molecule has 0 bridgehead atoms. The van der Waals surface area contributed by atoms with E-state index in [0.29, 0.717) is 10.6 Å². The van der Waals surface area contributed by atoms with Crippen molar-refractivity contribution in [2.24, 2.45) is 0 Å². The minimum Gasteiger partial charge on any atom is -0.272 e. The van der Waals surface area contributed by atoms with Gasteiger partial charge in [-0.05, 0) is 29.8 Å². The molecule has 0 unspecified atom stereocenters. The first-order valence-corrected chi connectivity index (χ1v) is 10.8. The number of carbonyl (C=O) groups excluding carboxylic acids is 2. The first-order valence-electron chi connectivity index (χ1n) is 9.01. The summed E-state index contributed by atoms with van der Waals surface area (Å²) in [4.78, 5) is 32.0. The summed E-state index contributed by atoms with van der Waals surface area (Å²) in [6, 6.07) is 14.5. The van der Waals surface area contributed by atoms with E-state index in [1.807, 2.05) is 0 Å². The van der Waals surface area contributed by atoms with Crippen LogP contribution in [0.4, 0.5) is 0 Å². The molecular weight excluding hydrogens is 442 g/mol. The van der Waals surface area contributed by atoms with E-state index in [1.54, 1.807) is 30.3 Å². The maximum absolute atomic E-state index is 13.1. The minimum atomic E-state index is -4.02. The topological polar surface area (TPSA) is 121 Å². The summed E-state index contributed by atoms with van der Waals surface area (Å²) in [5, 5.41) is 0.387. The third-order valence-electron chi connectivity index (χ3n) is 4.08. The van der Waals surface area contributed by atoms with Crippen LogP contribution in [0.1, 0.15) is 16.1 Å². The Hall–Kier alpha value is -3.34. The molecule has 0 atom stereocenters. The molecule has 2 N–H and O–H groups in total. The number of hydrogen-bond donors (Lipinski definition) is 2. The van der Waals surface area contributed by atoms with Gasteiger partial charge in [0.1, 0.15) is 5.69 Å². The largest absolute Gasteiger partial charge is 0.289 e. The Bertz CT molecular complexity index is 1140. The van der Waals surface area contributed by atoms with Crippen molar-refractivity contribution in [1.29, 1.82) is 0 Å². The minimum absolute atomic E-state index is 0.00210. The lowest BCUT2D eigenvalue weighted by Gasteiger charge is -2.22. The van der Waals surface area contributed by atoms with Crippen molar-refractivity contribution in [3.63, 3.8) is 0 Å². The Morgan fingerprint density at radius 2 is 1.68 bits per heavy atom. The van der Waals surface area contributed by atoms with Gasteiger partial charge in [-0.15, -0.1) is 0 Å². The molecule has 31 heavy (non-hydrogen) atoms. The predicted molar refractivity (Wildman–Crippen MR) is 113 cm³/mol. The smallest absolute Gasteiger partial charge is 0.272 e. The molecule has 3 rings (SSSR count). The second kappa shape index (κ2) is 10.1. The summed E-state index contributed by atoms with van der Waals surface area (Å²) in [5.74, 6) is -1.41. The number of nitrogens with one attached hydrogen (secondary N) is 2. The zero-order valence-corrected chi connectivity index (χ0v) is 17.7. The van der Waals surface area contributed by atoms with Crippen molar-refractivity contribution in [2.75, 3.05) is 6.54 Å². The van der Waals surface area contributed by atoms with Crippen LogP contribution in [-0.2, 0) is 21.4 Å². The summed E-state index contributed by atoms with van der Waals surface area (Å²) in [5.41, 5.74) is 5.07. The standard InChI is InChI=1S/C20H18ClN5O4S/c21-16-6-8-17(9-7-16)31(29,30)26(13-15-4-2-1-3-5-15)14-19(27)24-25-20(28)18-12-22-10-11-23-18/h1-12H,13-14H2,(H,24,27)(H,25,28). The molecule has 0 saturated heterocycles. The molecule has 0 fully saturated rings. The number of hydrogen-bond acceptors (Lipinski definition) is 6. The van der Waals surface area contributed by atoms with Crippen LogP contribution < -0.4 is 10.9 Å². The number of amides is 2. The van der Waals surface area contributed by atoms with Crippen molar-refractivity contribution in [1.82, 2.24) is 25.1 Å². The third-order valence-corrected chi connectivity index (χ3v) is 6.14. The van der Waals surface area contributed by atoms with E-state index in [1.165, 1.54) is 42.9 Å². The molecule has 0 spiro atoms. The molecule has 1 heterocycles. The fourth-order valence-corrected chi connectivity index (χ4v) is 4.09. The van der Waals surface area contributed by atoms with Gasteiger partial charge in [0.2, 0.25) is 10.0 Å². The highest BCUT2D eigenvalue weighted by Crippen LogP contribution is 2.20. The molecule has 2 aromatic carbocycles. The predicted octanol–water partition coefficient (Wildman–Crippen LogP) is 1.78. The lowest BCUT2D eigenvalue weighted by atomic mass is 10.2. The molecule has 0 aliphatic heterocycles. The number of sulfonamides is 1. The van der Waals surface area contributed by atoms with Crippen LogP contribution in [-0.4, -0.2) is 41.1 Å². The molecular formula is C20H18ClN5O4S. The number of benzene rings is 2. The van der Waals surface area contributed by atoms with Gasteiger partial charge in [-0.3, -0.25) is 25.4 Å². The molecule has 0 saturated carbocycles. The van der Waals surface area contributed by atoms with E-state index in [9.17, 15) is 18.0 Å². The molecule has 1 aromatic heterocycles. The number of aromatic nitrogens is 2. The van der Waals surface area contributed by atoms with Crippen LogP contribution >= 0.6 is 11.6 Å². The molecule has 160 valence electrons. The van der Waals surface area contributed by atoms with Gasteiger partial charge in [0.25, 0.3) is 11.8 Å². The number of hydrazine groups is 1. The van der Waals surface area contributed by atoms with Gasteiger partial charge < -0.3 is 0 Å². The van der Waals surface area contributed by atoms with Crippen LogP contribution in [0.15, 0.2) is 78.1 Å². The van der Waals surface area contributed by atoms with Gasteiger partial charge in [-0.2, -0.15) is 4.31 Å². The van der Waals surface area contributed by atoms with Crippen LogP contribution in [0.2, 0.25) is 5.02 Å². The quantitative estimate of drug-likeness (QED) is 0.519. The average molecular weight is 460 g/mol. The molecule has 11 heteroatoms. The Labute approximate surface area is 184 Å². The summed E-state index contributed by atoms with van der Waals surface area (Å²) in [7, 11) is -4.02. The van der Waals surface area contributed by atoms with Gasteiger partial charge in [0.05, 0.1) is 17.6 Å². The highest BCUT2D eigenvalue weighted by Gasteiger charge is 2.27. The Balaban J connectivity index is 1.75. The Morgan fingerprint density at radius 1 is 0.968 bits per heavy atom. The third kappa shape index (κ3) is 6.07. The first kappa shape index (κ1) is 22.3. The van der Waals surface area contributed by atoms with Gasteiger partial charge in [0.15, 0.2) is 0 Å². The van der Waals surface area contributed by atoms with E-state index in [0.717, 1.165) is 4.31 Å². The van der Waals surface area contributed by atoms with Gasteiger partial charge in [-0.25, -0.2) is 13.4 Å². The van der Waals surface area contributed by atoms with Crippen molar-refractivity contribution in [3.05, 3.63) is 89.5 Å². The monoisotopic (exact) mass is 459 g/mol. The maximum atomic E-state index is 13.1. The molecule has 0 aliphatic carbocycles. The molecule has 2 amide bonds. The van der Waals surface area contributed by atoms with Gasteiger partial charge in [0, 0.05) is 24.0 Å².